The van der Waals surface area contributed by atoms with E-state index in [9.17, 15) is 4.79 Å². The molecule has 4 aliphatic carbocycles. The molecule has 4 saturated carbocycles. The van der Waals surface area contributed by atoms with Gasteiger partial charge in [0.2, 0.25) is 0 Å². The molecular weight excluding hydrogens is 340 g/mol. The van der Waals surface area contributed by atoms with Gasteiger partial charge in [0.15, 0.2) is 18.1 Å². The van der Waals surface area contributed by atoms with Gasteiger partial charge in [-0.2, -0.15) is 5.26 Å². The summed E-state index contributed by atoms with van der Waals surface area (Å²) in [6, 6.07) is 7.20. The molecule has 5 heteroatoms. The molecule has 5 nitrogen and oxygen atoms in total. The Morgan fingerprint density at radius 3 is 2.41 bits per heavy atom. The van der Waals surface area contributed by atoms with Crippen molar-refractivity contribution in [2.24, 2.45) is 23.2 Å². The standard InChI is InChI=1S/C22H28N2O3/c1-14(22-9-16-5-17(10-22)7-18(6-16)11-22)24-21(25)13-27-19-4-3-15(12-23)8-20(19)26-2/h3-4,8,14,16-18H,5-7,9-11,13H2,1-2H3,(H,24,25)/t14-,16?,17?,18?,22?/m0/s1. The van der Waals surface area contributed by atoms with Gasteiger partial charge in [0.05, 0.1) is 18.7 Å². The smallest absolute Gasteiger partial charge is 0.258 e. The molecule has 1 N–H and O–H groups in total. The van der Waals surface area contributed by atoms with E-state index in [4.69, 9.17) is 14.7 Å². The molecule has 0 unspecified atom stereocenters. The van der Waals surface area contributed by atoms with E-state index < -0.39 is 0 Å². The average Bonchev–Trinajstić information content (AvgIpc) is 2.65. The van der Waals surface area contributed by atoms with Gasteiger partial charge in [0, 0.05) is 12.1 Å². The first-order valence-electron chi connectivity index (χ1n) is 10.0. The summed E-state index contributed by atoms with van der Waals surface area (Å²) in [6.07, 6.45) is 8.02. The second-order valence-corrected chi connectivity index (χ2v) is 8.84. The molecule has 144 valence electrons. The summed E-state index contributed by atoms with van der Waals surface area (Å²) >= 11 is 0. The summed E-state index contributed by atoms with van der Waals surface area (Å²) in [4.78, 5) is 12.5. The Balaban J connectivity index is 1.35. The van der Waals surface area contributed by atoms with Gasteiger partial charge < -0.3 is 14.8 Å². The van der Waals surface area contributed by atoms with Crippen LogP contribution in [0.15, 0.2) is 18.2 Å². The van der Waals surface area contributed by atoms with Crippen molar-refractivity contribution < 1.29 is 14.3 Å². The lowest BCUT2D eigenvalue weighted by Crippen LogP contribution is -2.56. The maximum absolute atomic E-state index is 12.5. The summed E-state index contributed by atoms with van der Waals surface area (Å²) in [5.41, 5.74) is 0.787. The lowest BCUT2D eigenvalue weighted by Gasteiger charge is -2.59. The van der Waals surface area contributed by atoms with Crippen molar-refractivity contribution in [1.29, 1.82) is 5.26 Å². The first-order valence-corrected chi connectivity index (χ1v) is 10.0. The molecule has 0 heterocycles. The fraction of sp³-hybridized carbons (Fsp3) is 0.636. The van der Waals surface area contributed by atoms with Crippen LogP contribution in [0.1, 0.15) is 51.0 Å². The van der Waals surface area contributed by atoms with Gasteiger partial charge in [-0.15, -0.1) is 0 Å². The van der Waals surface area contributed by atoms with Crippen LogP contribution >= 0.6 is 0 Å². The number of carbonyl (C=O) groups is 1. The number of nitriles is 1. The molecule has 0 saturated heterocycles. The Morgan fingerprint density at radius 1 is 1.22 bits per heavy atom. The lowest BCUT2D eigenvalue weighted by molar-refractivity contribution is -0.127. The molecule has 5 rings (SSSR count). The number of carbonyl (C=O) groups excluding carboxylic acids is 1. The largest absolute Gasteiger partial charge is 0.493 e. The predicted octanol–water partition coefficient (Wildman–Crippen LogP) is 3.67. The molecule has 0 aromatic heterocycles. The third-order valence-corrected chi connectivity index (χ3v) is 7.03. The molecule has 27 heavy (non-hydrogen) atoms. The topological polar surface area (TPSA) is 71.3 Å². The van der Waals surface area contributed by atoms with Crippen LogP contribution in [-0.4, -0.2) is 25.7 Å². The van der Waals surface area contributed by atoms with Gasteiger partial charge in [-0.05, 0) is 80.8 Å². The van der Waals surface area contributed by atoms with Gasteiger partial charge in [-0.25, -0.2) is 0 Å². The average molecular weight is 368 g/mol. The van der Waals surface area contributed by atoms with E-state index in [-0.39, 0.29) is 24.0 Å². The van der Waals surface area contributed by atoms with Crippen molar-refractivity contribution >= 4 is 5.91 Å². The van der Waals surface area contributed by atoms with Crippen LogP contribution in [-0.2, 0) is 4.79 Å². The van der Waals surface area contributed by atoms with Crippen molar-refractivity contribution in [3.05, 3.63) is 23.8 Å². The number of rotatable bonds is 6. The highest BCUT2D eigenvalue weighted by Gasteiger charge is 2.53. The SMILES string of the molecule is COc1cc(C#N)ccc1OCC(=O)N[C@@H](C)C12CC3CC(CC(C3)C1)C2. The highest BCUT2D eigenvalue weighted by atomic mass is 16.5. The maximum Gasteiger partial charge on any atom is 0.258 e. The molecule has 1 amide bonds. The van der Waals surface area contributed by atoms with Crippen molar-refractivity contribution in [2.75, 3.05) is 13.7 Å². The van der Waals surface area contributed by atoms with Crippen LogP contribution in [0, 0.1) is 34.5 Å². The highest BCUT2D eigenvalue weighted by Crippen LogP contribution is 2.61. The van der Waals surface area contributed by atoms with Gasteiger partial charge >= 0.3 is 0 Å². The molecular formula is C22H28N2O3. The number of amides is 1. The zero-order valence-corrected chi connectivity index (χ0v) is 16.2. The number of benzene rings is 1. The van der Waals surface area contributed by atoms with Crippen LogP contribution < -0.4 is 14.8 Å². The minimum atomic E-state index is -0.0929. The number of hydrogen-bond acceptors (Lipinski definition) is 4. The first-order chi connectivity index (χ1) is 13.0. The molecule has 1 aromatic rings. The Bertz CT molecular complexity index is 732. The van der Waals surface area contributed by atoms with Crippen molar-refractivity contribution in [2.45, 2.75) is 51.5 Å². The first kappa shape index (κ1) is 18.2. The fourth-order valence-electron chi connectivity index (χ4n) is 6.14. The normalized spacial score (nSPS) is 31.8. The third-order valence-electron chi connectivity index (χ3n) is 7.03. The molecule has 4 bridgehead atoms. The molecule has 0 radical (unpaired) electrons. The molecule has 1 atom stereocenters. The number of hydrogen-bond donors (Lipinski definition) is 1. The van der Waals surface area contributed by atoms with E-state index in [1.165, 1.54) is 45.6 Å². The van der Waals surface area contributed by atoms with E-state index in [1.807, 2.05) is 0 Å². The summed E-state index contributed by atoms with van der Waals surface area (Å²) in [7, 11) is 1.53. The van der Waals surface area contributed by atoms with Crippen LogP contribution in [0.2, 0.25) is 0 Å². The minimum absolute atomic E-state index is 0.0427. The van der Waals surface area contributed by atoms with Crippen molar-refractivity contribution in [3.63, 3.8) is 0 Å². The fourth-order valence-corrected chi connectivity index (χ4v) is 6.14. The maximum atomic E-state index is 12.5. The van der Waals surface area contributed by atoms with E-state index in [0.717, 1.165) is 17.8 Å². The molecule has 4 aliphatic rings. The Morgan fingerprint density at radius 2 is 1.85 bits per heavy atom. The van der Waals surface area contributed by atoms with Crippen molar-refractivity contribution in [1.82, 2.24) is 5.32 Å². The second kappa shape index (κ2) is 7.07. The van der Waals surface area contributed by atoms with Gasteiger partial charge in [-0.1, -0.05) is 0 Å². The summed E-state index contributed by atoms with van der Waals surface area (Å²) in [5, 5.41) is 12.2. The zero-order valence-electron chi connectivity index (χ0n) is 16.2. The lowest BCUT2D eigenvalue weighted by atomic mass is 9.48. The molecule has 0 spiro atoms. The summed E-state index contributed by atoms with van der Waals surface area (Å²) in [5.74, 6) is 3.47. The quantitative estimate of drug-likeness (QED) is 0.832. The Labute approximate surface area is 161 Å². The predicted molar refractivity (Wildman–Crippen MR) is 101 cm³/mol. The number of nitrogens with zero attached hydrogens (tertiary/aromatic N) is 1. The van der Waals surface area contributed by atoms with E-state index in [2.05, 4.69) is 18.3 Å². The molecule has 0 aliphatic heterocycles. The number of ether oxygens (including phenoxy) is 2. The van der Waals surface area contributed by atoms with Gasteiger partial charge in [0.1, 0.15) is 0 Å². The van der Waals surface area contributed by atoms with Crippen molar-refractivity contribution in [3.8, 4) is 17.6 Å². The number of methoxy groups -OCH3 is 1. The minimum Gasteiger partial charge on any atom is -0.493 e. The van der Waals surface area contributed by atoms with Gasteiger partial charge in [-0.3, -0.25) is 4.79 Å². The zero-order chi connectivity index (χ0) is 19.0. The highest BCUT2D eigenvalue weighted by molar-refractivity contribution is 5.78. The van der Waals surface area contributed by atoms with Crippen LogP contribution in [0.25, 0.3) is 0 Å². The molecule has 4 fully saturated rings. The summed E-state index contributed by atoms with van der Waals surface area (Å²) < 4.78 is 10.9. The second-order valence-electron chi connectivity index (χ2n) is 8.84. The Kier molecular flexibility index (Phi) is 4.75. The molecule has 1 aromatic carbocycles. The van der Waals surface area contributed by atoms with Crippen LogP contribution in [0.3, 0.4) is 0 Å². The number of nitrogens with one attached hydrogen (secondary N) is 1. The van der Waals surface area contributed by atoms with E-state index in [1.54, 1.807) is 18.2 Å². The third kappa shape index (κ3) is 3.50. The monoisotopic (exact) mass is 368 g/mol. The van der Waals surface area contributed by atoms with Gasteiger partial charge in [0.25, 0.3) is 5.91 Å². The van der Waals surface area contributed by atoms with E-state index in [0.29, 0.717) is 17.1 Å². The van der Waals surface area contributed by atoms with Crippen LogP contribution in [0.4, 0.5) is 0 Å². The van der Waals surface area contributed by atoms with E-state index >= 15 is 0 Å². The van der Waals surface area contributed by atoms with Crippen LogP contribution in [0.5, 0.6) is 11.5 Å². The summed E-state index contributed by atoms with van der Waals surface area (Å²) in [6.45, 7) is 2.13. The Hall–Kier alpha value is -2.22.